The van der Waals surface area contributed by atoms with Crippen LogP contribution in [0.4, 0.5) is 0 Å². The first-order valence-electron chi connectivity index (χ1n) is 8.86. The average molecular weight is 353 g/mol. The Balaban J connectivity index is 1.69. The molecule has 3 rings (SSSR count). The van der Waals surface area contributed by atoms with Gasteiger partial charge in [-0.25, -0.2) is 13.1 Å². The average Bonchev–Trinajstić information content (AvgIpc) is 3.07. The maximum absolute atomic E-state index is 12.6. The van der Waals surface area contributed by atoms with Crippen molar-refractivity contribution in [1.29, 1.82) is 0 Å². The molecule has 0 atom stereocenters. The van der Waals surface area contributed by atoms with E-state index in [4.69, 9.17) is 4.74 Å². The zero-order chi connectivity index (χ0) is 17.0. The molecule has 2 fully saturated rings. The second kappa shape index (κ2) is 7.52. The summed E-state index contributed by atoms with van der Waals surface area (Å²) >= 11 is 0. The van der Waals surface area contributed by atoms with Crippen LogP contribution >= 0.6 is 0 Å². The van der Waals surface area contributed by atoms with E-state index in [9.17, 15) is 8.42 Å². The smallest absolute Gasteiger partial charge is 0.240 e. The number of aryl methyl sites for hydroxylation is 1. The highest BCUT2D eigenvalue weighted by molar-refractivity contribution is 7.89. The number of benzene rings is 1. The third-order valence-corrected chi connectivity index (χ3v) is 6.70. The summed E-state index contributed by atoms with van der Waals surface area (Å²) < 4.78 is 33.6. The highest BCUT2D eigenvalue weighted by atomic mass is 32.2. The lowest BCUT2D eigenvalue weighted by Crippen LogP contribution is -2.47. The molecule has 0 aromatic heterocycles. The predicted molar refractivity (Wildman–Crippen MR) is 94.5 cm³/mol. The third-order valence-electron chi connectivity index (χ3n) is 5.28. The molecular weight excluding hydrogens is 324 g/mol. The van der Waals surface area contributed by atoms with Crippen molar-refractivity contribution in [2.24, 2.45) is 5.41 Å². The number of nitrogens with one attached hydrogen (secondary N) is 1. The lowest BCUT2D eigenvalue weighted by Gasteiger charge is -2.40. The third kappa shape index (κ3) is 4.36. The van der Waals surface area contributed by atoms with Gasteiger partial charge in [0.15, 0.2) is 0 Å². The van der Waals surface area contributed by atoms with E-state index < -0.39 is 10.0 Å². The minimum absolute atomic E-state index is 0.0135. The second-order valence-electron chi connectivity index (χ2n) is 7.23. The Bertz CT molecular complexity index is 631. The zero-order valence-electron chi connectivity index (χ0n) is 14.5. The molecule has 1 aromatic rings. The van der Waals surface area contributed by atoms with E-state index in [1.54, 1.807) is 12.1 Å². The molecule has 5 nitrogen and oxygen atoms in total. The fraction of sp³-hybridized carbons (Fsp3) is 0.667. The van der Waals surface area contributed by atoms with Crippen LogP contribution in [0.5, 0.6) is 0 Å². The normalized spacial score (nSPS) is 21.9. The van der Waals surface area contributed by atoms with Crippen LogP contribution in [-0.2, 0) is 14.8 Å². The van der Waals surface area contributed by atoms with Gasteiger partial charge in [0.05, 0.1) is 4.90 Å². The van der Waals surface area contributed by atoms with Crippen molar-refractivity contribution in [3.05, 3.63) is 29.8 Å². The van der Waals surface area contributed by atoms with Crippen LogP contribution in [0.3, 0.4) is 0 Å². The van der Waals surface area contributed by atoms with E-state index in [1.807, 2.05) is 19.1 Å². The molecule has 2 aliphatic rings. The van der Waals surface area contributed by atoms with Crippen molar-refractivity contribution >= 4 is 10.0 Å². The quantitative estimate of drug-likeness (QED) is 0.852. The molecule has 134 valence electrons. The van der Waals surface area contributed by atoms with Crippen molar-refractivity contribution in [3.8, 4) is 0 Å². The molecule has 0 radical (unpaired) electrons. The minimum Gasteiger partial charge on any atom is -0.381 e. The van der Waals surface area contributed by atoms with Crippen LogP contribution in [0, 0.1) is 12.3 Å². The van der Waals surface area contributed by atoms with Crippen LogP contribution in [-0.4, -0.2) is 52.7 Å². The van der Waals surface area contributed by atoms with Gasteiger partial charge >= 0.3 is 0 Å². The molecule has 0 spiro atoms. The molecule has 6 heteroatoms. The van der Waals surface area contributed by atoms with Crippen LogP contribution in [0.25, 0.3) is 0 Å². The topological polar surface area (TPSA) is 58.6 Å². The van der Waals surface area contributed by atoms with Crippen molar-refractivity contribution in [2.45, 2.75) is 37.5 Å². The lowest BCUT2D eigenvalue weighted by molar-refractivity contribution is 0.00157. The van der Waals surface area contributed by atoms with Crippen LogP contribution in [0.1, 0.15) is 31.2 Å². The van der Waals surface area contributed by atoms with E-state index >= 15 is 0 Å². The molecular formula is C18H28N2O3S. The van der Waals surface area contributed by atoms with Gasteiger partial charge in [0.2, 0.25) is 10.0 Å². The van der Waals surface area contributed by atoms with Crippen molar-refractivity contribution in [3.63, 3.8) is 0 Å². The van der Waals surface area contributed by atoms with Gasteiger partial charge in [0, 0.05) is 31.7 Å². The zero-order valence-corrected chi connectivity index (χ0v) is 15.3. The van der Waals surface area contributed by atoms with Gasteiger partial charge in [0.1, 0.15) is 0 Å². The van der Waals surface area contributed by atoms with Gasteiger partial charge in [0.25, 0.3) is 0 Å². The summed E-state index contributed by atoms with van der Waals surface area (Å²) in [7, 11) is -3.46. The number of hydrogen-bond donors (Lipinski definition) is 1. The molecule has 1 aromatic carbocycles. The van der Waals surface area contributed by atoms with Crippen molar-refractivity contribution in [1.82, 2.24) is 9.62 Å². The van der Waals surface area contributed by atoms with Crippen LogP contribution in [0.2, 0.25) is 0 Å². The van der Waals surface area contributed by atoms with E-state index in [0.717, 1.165) is 51.3 Å². The number of rotatable bonds is 6. The molecule has 0 amide bonds. The standard InChI is InChI=1S/C18H28N2O3S/c1-16-4-6-17(7-5-16)24(21,22)19-14-18(8-12-23-13-9-18)15-20-10-2-3-11-20/h4-7,19H,2-3,8-15H2,1H3. The summed E-state index contributed by atoms with van der Waals surface area (Å²) in [6, 6.07) is 7.02. The highest BCUT2D eigenvalue weighted by Gasteiger charge is 2.36. The molecule has 1 N–H and O–H groups in total. The molecule has 0 bridgehead atoms. The largest absolute Gasteiger partial charge is 0.381 e. The molecule has 0 unspecified atom stereocenters. The molecule has 2 heterocycles. The second-order valence-corrected chi connectivity index (χ2v) is 9.00. The highest BCUT2D eigenvalue weighted by Crippen LogP contribution is 2.32. The fourth-order valence-corrected chi connectivity index (χ4v) is 4.82. The number of sulfonamides is 1. The van der Waals surface area contributed by atoms with Crippen LogP contribution in [0.15, 0.2) is 29.2 Å². The number of hydrogen-bond acceptors (Lipinski definition) is 4. The van der Waals surface area contributed by atoms with Gasteiger partial charge in [-0.3, -0.25) is 0 Å². The predicted octanol–water partition coefficient (Wildman–Crippen LogP) is 2.17. The van der Waals surface area contributed by atoms with E-state index in [-0.39, 0.29) is 5.41 Å². The summed E-state index contributed by atoms with van der Waals surface area (Å²) in [6.45, 7) is 7.12. The Morgan fingerprint density at radius 1 is 1.12 bits per heavy atom. The van der Waals surface area contributed by atoms with Gasteiger partial charge in [-0.1, -0.05) is 17.7 Å². The lowest BCUT2D eigenvalue weighted by atomic mass is 9.80. The summed E-state index contributed by atoms with van der Waals surface area (Å²) in [5.41, 5.74) is 1.05. The van der Waals surface area contributed by atoms with Gasteiger partial charge in [-0.05, 0) is 57.8 Å². The Morgan fingerprint density at radius 3 is 2.38 bits per heavy atom. The first-order valence-corrected chi connectivity index (χ1v) is 10.3. The first-order chi connectivity index (χ1) is 11.5. The van der Waals surface area contributed by atoms with Gasteiger partial charge < -0.3 is 9.64 Å². The fourth-order valence-electron chi connectivity index (χ4n) is 3.66. The molecule has 0 saturated carbocycles. The Labute approximate surface area is 145 Å². The van der Waals surface area contributed by atoms with Crippen LogP contribution < -0.4 is 4.72 Å². The summed E-state index contributed by atoms with van der Waals surface area (Å²) in [5.74, 6) is 0. The van der Waals surface area contributed by atoms with Gasteiger partial charge in [-0.15, -0.1) is 0 Å². The molecule has 2 aliphatic heterocycles. The first kappa shape index (κ1) is 17.9. The monoisotopic (exact) mass is 352 g/mol. The Morgan fingerprint density at radius 2 is 1.75 bits per heavy atom. The number of nitrogens with zero attached hydrogens (tertiary/aromatic N) is 1. The van der Waals surface area contributed by atoms with Crippen molar-refractivity contribution in [2.75, 3.05) is 39.4 Å². The maximum atomic E-state index is 12.6. The van der Waals surface area contributed by atoms with Gasteiger partial charge in [-0.2, -0.15) is 0 Å². The Hall–Kier alpha value is -0.950. The summed E-state index contributed by atoms with van der Waals surface area (Å²) in [6.07, 6.45) is 4.34. The van der Waals surface area contributed by atoms with E-state index in [2.05, 4.69) is 9.62 Å². The summed E-state index contributed by atoms with van der Waals surface area (Å²) in [5, 5.41) is 0. The summed E-state index contributed by atoms with van der Waals surface area (Å²) in [4.78, 5) is 2.82. The molecule has 0 aliphatic carbocycles. The Kier molecular flexibility index (Phi) is 5.59. The SMILES string of the molecule is Cc1ccc(S(=O)(=O)NCC2(CN3CCCC3)CCOCC2)cc1. The number of likely N-dealkylation sites (tertiary alicyclic amines) is 1. The maximum Gasteiger partial charge on any atom is 0.240 e. The van der Waals surface area contributed by atoms with E-state index in [0.29, 0.717) is 11.4 Å². The minimum atomic E-state index is -3.46. The molecule has 24 heavy (non-hydrogen) atoms. The van der Waals surface area contributed by atoms with E-state index in [1.165, 1.54) is 12.8 Å². The van der Waals surface area contributed by atoms with Crippen molar-refractivity contribution < 1.29 is 13.2 Å². The molecule has 2 saturated heterocycles. The number of ether oxygens (including phenoxy) is 1.